The van der Waals surface area contributed by atoms with E-state index in [0.717, 1.165) is 35.8 Å². The van der Waals surface area contributed by atoms with Crippen molar-refractivity contribution in [1.29, 1.82) is 0 Å². The molecule has 0 bridgehead atoms. The lowest BCUT2D eigenvalue weighted by Crippen LogP contribution is -2.25. The molecule has 1 atom stereocenters. The molecule has 0 aromatic carbocycles. The molecule has 0 amide bonds. The van der Waals surface area contributed by atoms with Crippen LogP contribution in [0.5, 0.6) is 0 Å². The van der Waals surface area contributed by atoms with Crippen LogP contribution in [0.4, 0.5) is 0 Å². The zero-order valence-corrected chi connectivity index (χ0v) is 14.1. The minimum Gasteiger partial charge on any atom is -0.308 e. The predicted molar refractivity (Wildman–Crippen MR) is 87.6 cm³/mol. The molecule has 2 aromatic heterocycles. The topological polar surface area (TPSA) is 50.7 Å². The van der Waals surface area contributed by atoms with Crippen LogP contribution in [-0.2, 0) is 11.8 Å². The van der Waals surface area contributed by atoms with E-state index < -0.39 is 0 Å². The molecule has 2 heterocycles. The summed E-state index contributed by atoms with van der Waals surface area (Å²) in [5.74, 6) is 0. The highest BCUT2D eigenvalue weighted by molar-refractivity contribution is 7.09. The normalized spacial score (nSPS) is 13.3. The number of nitrogens with zero attached hydrogens (tertiary/aromatic N) is 3. The lowest BCUT2D eigenvalue weighted by atomic mass is 9.93. The van der Waals surface area contributed by atoms with E-state index in [1.54, 1.807) is 23.7 Å². The molecule has 1 unspecified atom stereocenters. The van der Waals surface area contributed by atoms with E-state index in [-0.39, 0.29) is 11.5 Å². The quantitative estimate of drug-likeness (QED) is 0.887. The molecule has 21 heavy (non-hydrogen) atoms. The van der Waals surface area contributed by atoms with Gasteiger partial charge in [0, 0.05) is 35.8 Å². The van der Waals surface area contributed by atoms with Crippen molar-refractivity contribution in [1.82, 2.24) is 20.3 Å². The molecular weight excluding hydrogens is 280 g/mol. The van der Waals surface area contributed by atoms with Crippen molar-refractivity contribution in [3.05, 3.63) is 40.4 Å². The Bertz CT molecular complexity index is 545. The molecule has 0 aliphatic rings. The Kier molecular flexibility index (Phi) is 5.42. The third kappa shape index (κ3) is 4.58. The van der Waals surface area contributed by atoms with Gasteiger partial charge >= 0.3 is 0 Å². The molecule has 2 aromatic rings. The van der Waals surface area contributed by atoms with Crippen LogP contribution in [-0.4, -0.2) is 21.5 Å². The van der Waals surface area contributed by atoms with Crippen LogP contribution < -0.4 is 5.32 Å². The maximum absolute atomic E-state index is 4.79. The fraction of sp³-hybridized carbons (Fsp3) is 0.562. The van der Waals surface area contributed by atoms with Gasteiger partial charge in [-0.3, -0.25) is 9.97 Å². The van der Waals surface area contributed by atoms with E-state index in [9.17, 15) is 0 Å². The van der Waals surface area contributed by atoms with Gasteiger partial charge in [-0.1, -0.05) is 27.7 Å². The first-order chi connectivity index (χ1) is 10.0. The predicted octanol–water partition coefficient (Wildman–Crippen LogP) is 3.51. The fourth-order valence-electron chi connectivity index (χ4n) is 2.01. The Balaban J connectivity index is 2.13. The van der Waals surface area contributed by atoms with E-state index >= 15 is 0 Å². The summed E-state index contributed by atoms with van der Waals surface area (Å²) >= 11 is 1.73. The van der Waals surface area contributed by atoms with Gasteiger partial charge in [0.15, 0.2) is 0 Å². The summed E-state index contributed by atoms with van der Waals surface area (Å²) in [6, 6.07) is 0.178. The lowest BCUT2D eigenvalue weighted by Gasteiger charge is -2.17. The molecule has 0 aliphatic heterocycles. The second-order valence-electron chi connectivity index (χ2n) is 6.22. The van der Waals surface area contributed by atoms with Gasteiger partial charge in [-0.05, 0) is 13.0 Å². The molecular formula is C16H24N4S. The molecule has 0 saturated heterocycles. The number of nitrogens with one attached hydrogen (secondary N) is 1. The molecule has 2 rings (SSSR count). The highest BCUT2D eigenvalue weighted by Gasteiger charge is 2.20. The van der Waals surface area contributed by atoms with Crippen LogP contribution in [0.1, 0.15) is 56.6 Å². The first-order valence-corrected chi connectivity index (χ1v) is 8.33. The highest BCUT2D eigenvalue weighted by atomic mass is 32.1. The molecule has 1 N–H and O–H groups in total. The van der Waals surface area contributed by atoms with Gasteiger partial charge in [0.25, 0.3) is 0 Å². The summed E-state index contributed by atoms with van der Waals surface area (Å²) < 4.78 is 0. The van der Waals surface area contributed by atoms with Crippen molar-refractivity contribution >= 4 is 11.3 Å². The Hall–Kier alpha value is -1.33. The van der Waals surface area contributed by atoms with Crippen LogP contribution in [0.15, 0.2) is 24.0 Å². The molecule has 0 spiro atoms. The van der Waals surface area contributed by atoms with E-state index in [4.69, 9.17) is 4.98 Å². The zero-order chi connectivity index (χ0) is 15.3. The van der Waals surface area contributed by atoms with Gasteiger partial charge in [-0.2, -0.15) is 0 Å². The summed E-state index contributed by atoms with van der Waals surface area (Å²) in [6.45, 7) is 9.73. The smallest absolute Gasteiger partial charge is 0.0948 e. The van der Waals surface area contributed by atoms with Crippen LogP contribution in [0, 0.1) is 0 Å². The van der Waals surface area contributed by atoms with E-state index in [1.165, 1.54) is 0 Å². The van der Waals surface area contributed by atoms with Gasteiger partial charge in [0.1, 0.15) is 0 Å². The number of thiazole rings is 1. The van der Waals surface area contributed by atoms with Crippen LogP contribution in [0.3, 0.4) is 0 Å². The van der Waals surface area contributed by atoms with Gasteiger partial charge < -0.3 is 5.32 Å². The summed E-state index contributed by atoms with van der Waals surface area (Å²) in [7, 11) is 0. The minimum atomic E-state index is 0.105. The van der Waals surface area contributed by atoms with Crippen molar-refractivity contribution in [3.8, 4) is 0 Å². The van der Waals surface area contributed by atoms with Gasteiger partial charge in [-0.15, -0.1) is 11.3 Å². The van der Waals surface area contributed by atoms with Crippen LogP contribution >= 0.6 is 11.3 Å². The molecule has 0 aliphatic carbocycles. The third-order valence-corrected chi connectivity index (χ3v) is 4.15. The minimum absolute atomic E-state index is 0.105. The SMILES string of the molecule is CCCNC(Cc1nc(C(C)(C)C)cs1)c1cnccn1. The number of hydrogen-bond donors (Lipinski definition) is 1. The maximum atomic E-state index is 4.79. The standard InChI is InChI=1S/C16H24N4S/c1-5-6-18-12(13-10-17-7-8-19-13)9-15-20-14(11-21-15)16(2,3)4/h7-8,10-12,18H,5-6,9H2,1-4H3. The zero-order valence-electron chi connectivity index (χ0n) is 13.3. The van der Waals surface area contributed by atoms with Crippen LogP contribution in [0.2, 0.25) is 0 Å². The second-order valence-corrected chi connectivity index (χ2v) is 7.16. The van der Waals surface area contributed by atoms with Gasteiger partial charge in [0.2, 0.25) is 0 Å². The average Bonchev–Trinajstić information content (AvgIpc) is 2.93. The Labute approximate surface area is 131 Å². The largest absolute Gasteiger partial charge is 0.308 e. The van der Waals surface area contributed by atoms with Crippen molar-refractivity contribution < 1.29 is 0 Å². The van der Waals surface area contributed by atoms with E-state index in [2.05, 4.69) is 48.4 Å². The number of hydrogen-bond acceptors (Lipinski definition) is 5. The average molecular weight is 304 g/mol. The van der Waals surface area contributed by atoms with E-state index in [0.29, 0.717) is 0 Å². The molecule has 5 heteroatoms. The summed E-state index contributed by atoms with van der Waals surface area (Å²) in [5, 5.41) is 6.87. The Morgan fingerprint density at radius 1 is 1.29 bits per heavy atom. The third-order valence-electron chi connectivity index (χ3n) is 3.28. The molecule has 0 radical (unpaired) electrons. The molecule has 114 valence electrons. The first kappa shape index (κ1) is 16.0. The summed E-state index contributed by atoms with van der Waals surface area (Å²) in [5.41, 5.74) is 2.25. The van der Waals surface area contributed by atoms with Crippen molar-refractivity contribution in [2.24, 2.45) is 0 Å². The van der Waals surface area contributed by atoms with Crippen molar-refractivity contribution in [3.63, 3.8) is 0 Å². The molecule has 0 saturated carbocycles. The van der Waals surface area contributed by atoms with Crippen molar-refractivity contribution in [2.75, 3.05) is 6.54 Å². The van der Waals surface area contributed by atoms with E-state index in [1.807, 2.05) is 6.20 Å². The summed E-state index contributed by atoms with van der Waals surface area (Å²) in [4.78, 5) is 13.4. The Morgan fingerprint density at radius 3 is 2.67 bits per heavy atom. The first-order valence-electron chi connectivity index (χ1n) is 7.45. The number of rotatable bonds is 6. The van der Waals surface area contributed by atoms with Gasteiger partial charge in [-0.25, -0.2) is 4.98 Å². The highest BCUT2D eigenvalue weighted by Crippen LogP contribution is 2.26. The molecule has 4 nitrogen and oxygen atoms in total. The second kappa shape index (κ2) is 7.09. The maximum Gasteiger partial charge on any atom is 0.0948 e. The lowest BCUT2D eigenvalue weighted by molar-refractivity contribution is 0.511. The Morgan fingerprint density at radius 2 is 2.10 bits per heavy atom. The van der Waals surface area contributed by atoms with Crippen LogP contribution in [0.25, 0.3) is 0 Å². The van der Waals surface area contributed by atoms with Gasteiger partial charge in [0.05, 0.1) is 22.4 Å². The van der Waals surface area contributed by atoms with Crippen molar-refractivity contribution in [2.45, 2.75) is 52.0 Å². The molecule has 0 fully saturated rings. The fourth-order valence-corrected chi connectivity index (χ4v) is 3.08. The summed E-state index contributed by atoms with van der Waals surface area (Å²) in [6.07, 6.45) is 7.26. The monoisotopic (exact) mass is 304 g/mol. The number of aromatic nitrogens is 3.